The number of aromatic hydroxyl groups is 1. The maximum atomic E-state index is 13.1. The second-order valence-electron chi connectivity index (χ2n) is 5.15. The summed E-state index contributed by atoms with van der Waals surface area (Å²) in [7, 11) is 0. The molecule has 0 spiro atoms. The number of piperidine rings is 1. The van der Waals surface area contributed by atoms with Crippen LogP contribution in [-0.2, 0) is 5.92 Å². The van der Waals surface area contributed by atoms with E-state index in [-0.39, 0.29) is 11.3 Å². The number of hydrogen-bond acceptors (Lipinski definition) is 3. The zero-order chi connectivity index (χ0) is 13.9. The number of anilines is 1. The summed E-state index contributed by atoms with van der Waals surface area (Å²) < 4.78 is 26.2. The zero-order valence-electron chi connectivity index (χ0n) is 11.0. The van der Waals surface area contributed by atoms with Gasteiger partial charge in [-0.1, -0.05) is 12.5 Å². The molecule has 0 bridgehead atoms. The fraction of sp³-hybridized carbons (Fsp3) is 0.571. The predicted molar refractivity (Wildman–Crippen MR) is 71.8 cm³/mol. The first-order valence-corrected chi connectivity index (χ1v) is 6.65. The van der Waals surface area contributed by atoms with E-state index in [1.807, 2.05) is 0 Å². The number of benzene rings is 1. The number of phenolic OH excluding ortho intramolecular Hbond substituents is 1. The quantitative estimate of drug-likeness (QED) is 0.737. The molecule has 1 unspecified atom stereocenters. The Labute approximate surface area is 112 Å². The van der Waals surface area contributed by atoms with Gasteiger partial charge in [-0.15, -0.1) is 0 Å². The maximum absolute atomic E-state index is 13.1. The Bertz CT molecular complexity index is 426. The SMILES string of the molecule is CC(F)(F)c1ccc(NCC2CCCCN2)c(O)c1. The van der Waals surface area contributed by atoms with Gasteiger partial charge in [-0.25, -0.2) is 8.78 Å². The Hall–Kier alpha value is -1.36. The van der Waals surface area contributed by atoms with E-state index in [4.69, 9.17) is 0 Å². The smallest absolute Gasteiger partial charge is 0.270 e. The molecule has 1 aromatic carbocycles. The fourth-order valence-electron chi connectivity index (χ4n) is 2.29. The van der Waals surface area contributed by atoms with Crippen molar-refractivity contribution in [2.75, 3.05) is 18.4 Å². The highest BCUT2D eigenvalue weighted by molar-refractivity contribution is 5.57. The van der Waals surface area contributed by atoms with Crippen LogP contribution in [0.5, 0.6) is 5.75 Å². The predicted octanol–water partition coefficient (Wildman–Crippen LogP) is 3.06. The third kappa shape index (κ3) is 3.80. The standard InChI is InChI=1S/C14H20F2N2O/c1-14(15,16)10-5-6-12(13(19)8-10)18-9-11-4-2-3-7-17-11/h5-6,8,11,17-19H,2-4,7,9H2,1H3. The number of rotatable bonds is 4. The minimum atomic E-state index is -2.93. The van der Waals surface area contributed by atoms with Gasteiger partial charge in [0.25, 0.3) is 5.92 Å². The molecule has 3 nitrogen and oxygen atoms in total. The van der Waals surface area contributed by atoms with Gasteiger partial charge in [0.2, 0.25) is 0 Å². The Kier molecular flexibility index (Phi) is 4.24. The molecule has 3 N–H and O–H groups in total. The second-order valence-corrected chi connectivity index (χ2v) is 5.15. The molecule has 0 saturated carbocycles. The molecule has 106 valence electrons. The van der Waals surface area contributed by atoms with Crippen molar-refractivity contribution in [1.29, 1.82) is 0 Å². The van der Waals surface area contributed by atoms with Crippen LogP contribution in [-0.4, -0.2) is 24.2 Å². The molecule has 1 aliphatic rings. The molecular weight excluding hydrogens is 250 g/mol. The van der Waals surface area contributed by atoms with Crippen LogP contribution in [0.4, 0.5) is 14.5 Å². The van der Waals surface area contributed by atoms with Crippen LogP contribution in [0.1, 0.15) is 31.7 Å². The van der Waals surface area contributed by atoms with Crippen LogP contribution in [0.3, 0.4) is 0 Å². The molecule has 1 fully saturated rings. The van der Waals surface area contributed by atoms with Crippen LogP contribution >= 0.6 is 0 Å². The fourth-order valence-corrected chi connectivity index (χ4v) is 2.29. The molecular formula is C14H20F2N2O. The van der Waals surface area contributed by atoms with E-state index < -0.39 is 5.92 Å². The molecule has 1 heterocycles. The molecule has 1 aromatic rings. The first-order valence-electron chi connectivity index (χ1n) is 6.65. The Morgan fingerprint density at radius 2 is 2.21 bits per heavy atom. The number of halogens is 2. The van der Waals surface area contributed by atoms with Crippen molar-refractivity contribution in [3.05, 3.63) is 23.8 Å². The van der Waals surface area contributed by atoms with Crippen LogP contribution in [0, 0.1) is 0 Å². The van der Waals surface area contributed by atoms with E-state index in [1.54, 1.807) is 0 Å². The summed E-state index contributed by atoms with van der Waals surface area (Å²) in [4.78, 5) is 0. The van der Waals surface area contributed by atoms with E-state index in [9.17, 15) is 13.9 Å². The number of phenols is 1. The summed E-state index contributed by atoms with van der Waals surface area (Å²) in [5, 5.41) is 16.3. The van der Waals surface area contributed by atoms with Gasteiger partial charge in [-0.3, -0.25) is 0 Å². The second kappa shape index (κ2) is 5.74. The normalized spacial score (nSPS) is 20.3. The van der Waals surface area contributed by atoms with Crippen molar-refractivity contribution >= 4 is 5.69 Å². The average molecular weight is 270 g/mol. The minimum Gasteiger partial charge on any atom is -0.506 e. The summed E-state index contributed by atoms with van der Waals surface area (Å²) in [5.41, 5.74) is 0.326. The third-order valence-electron chi connectivity index (χ3n) is 3.46. The molecule has 5 heteroatoms. The highest BCUT2D eigenvalue weighted by Crippen LogP contribution is 2.33. The van der Waals surface area contributed by atoms with Crippen molar-refractivity contribution in [3.63, 3.8) is 0 Å². The average Bonchev–Trinajstić information content (AvgIpc) is 2.37. The summed E-state index contributed by atoms with van der Waals surface area (Å²) >= 11 is 0. The van der Waals surface area contributed by atoms with Crippen molar-refractivity contribution in [2.45, 2.75) is 38.2 Å². The first-order chi connectivity index (χ1) is 8.97. The van der Waals surface area contributed by atoms with Crippen LogP contribution in [0.2, 0.25) is 0 Å². The minimum absolute atomic E-state index is 0.130. The van der Waals surface area contributed by atoms with Crippen molar-refractivity contribution < 1.29 is 13.9 Å². The lowest BCUT2D eigenvalue weighted by Gasteiger charge is -2.24. The summed E-state index contributed by atoms with van der Waals surface area (Å²) in [5.74, 6) is -3.06. The van der Waals surface area contributed by atoms with Crippen LogP contribution in [0.25, 0.3) is 0 Å². The Morgan fingerprint density at radius 1 is 1.42 bits per heavy atom. The lowest BCUT2D eigenvalue weighted by atomic mass is 10.0. The largest absolute Gasteiger partial charge is 0.506 e. The van der Waals surface area contributed by atoms with Crippen molar-refractivity contribution in [3.8, 4) is 5.75 Å². The van der Waals surface area contributed by atoms with Crippen LogP contribution in [0.15, 0.2) is 18.2 Å². The summed E-state index contributed by atoms with van der Waals surface area (Å²) in [6.07, 6.45) is 3.49. The van der Waals surface area contributed by atoms with Crippen molar-refractivity contribution in [2.24, 2.45) is 0 Å². The monoisotopic (exact) mass is 270 g/mol. The van der Waals surface area contributed by atoms with Gasteiger partial charge >= 0.3 is 0 Å². The third-order valence-corrected chi connectivity index (χ3v) is 3.46. The molecule has 1 atom stereocenters. The molecule has 0 aliphatic carbocycles. The van der Waals surface area contributed by atoms with E-state index >= 15 is 0 Å². The first kappa shape index (κ1) is 14.1. The van der Waals surface area contributed by atoms with Gasteiger partial charge < -0.3 is 15.7 Å². The number of hydrogen-bond donors (Lipinski definition) is 3. The molecule has 1 saturated heterocycles. The van der Waals surface area contributed by atoms with E-state index in [0.717, 1.165) is 26.0 Å². The van der Waals surface area contributed by atoms with Gasteiger partial charge in [-0.2, -0.15) is 0 Å². The topological polar surface area (TPSA) is 44.3 Å². The zero-order valence-corrected chi connectivity index (χ0v) is 11.0. The molecule has 2 rings (SSSR count). The van der Waals surface area contributed by atoms with E-state index in [1.165, 1.54) is 25.0 Å². The van der Waals surface area contributed by atoms with E-state index in [0.29, 0.717) is 18.3 Å². The lowest BCUT2D eigenvalue weighted by molar-refractivity contribution is 0.0173. The molecule has 0 radical (unpaired) electrons. The molecule has 0 aromatic heterocycles. The van der Waals surface area contributed by atoms with Crippen LogP contribution < -0.4 is 10.6 Å². The molecule has 1 aliphatic heterocycles. The van der Waals surface area contributed by atoms with Gasteiger partial charge in [0.15, 0.2) is 0 Å². The molecule has 19 heavy (non-hydrogen) atoms. The highest BCUT2D eigenvalue weighted by Gasteiger charge is 2.25. The van der Waals surface area contributed by atoms with Gasteiger partial charge in [0.1, 0.15) is 5.75 Å². The maximum Gasteiger partial charge on any atom is 0.270 e. The van der Waals surface area contributed by atoms with Gasteiger partial charge in [-0.05, 0) is 31.5 Å². The Balaban J connectivity index is 1.97. The van der Waals surface area contributed by atoms with Crippen molar-refractivity contribution in [1.82, 2.24) is 5.32 Å². The van der Waals surface area contributed by atoms with E-state index in [2.05, 4.69) is 10.6 Å². The Morgan fingerprint density at radius 3 is 2.79 bits per heavy atom. The number of nitrogens with one attached hydrogen (secondary N) is 2. The lowest BCUT2D eigenvalue weighted by Crippen LogP contribution is -2.39. The number of alkyl halides is 2. The van der Waals surface area contributed by atoms with Gasteiger partial charge in [0, 0.05) is 25.1 Å². The summed E-state index contributed by atoms with van der Waals surface area (Å²) in [6.45, 7) is 2.52. The molecule has 0 amide bonds. The highest BCUT2D eigenvalue weighted by atomic mass is 19.3. The summed E-state index contributed by atoms with van der Waals surface area (Å²) in [6, 6.07) is 4.35. The van der Waals surface area contributed by atoms with Gasteiger partial charge in [0.05, 0.1) is 5.69 Å².